The molecule has 95 heavy (non-hydrogen) atoms. The van der Waals surface area contributed by atoms with Gasteiger partial charge in [-0.25, -0.2) is 24.9 Å². The fourth-order valence-corrected chi connectivity index (χ4v) is 15.1. The minimum absolute atomic E-state index is 0.553. The molecule has 0 bridgehead atoms. The summed E-state index contributed by atoms with van der Waals surface area (Å²) in [6, 6.07) is 110. The lowest BCUT2D eigenvalue weighted by molar-refractivity contribution is 0.939. The lowest BCUT2D eigenvalue weighted by atomic mass is 9.98. The Morgan fingerprint density at radius 3 is 0.853 bits per heavy atom. The SMILES string of the molecule is c1ccc(-c2cc(-c3ccccc3)nc(-n3c4ccc(-c5ccc6c(c5)c5cc(-c7ccc8c(c7)c7cc9c(cc7n8-c7ccccc7)c7ccccc7n9-c7ccccc7)ccc5n6-c5ncncn5)cc4c4cc5c(cc43)c3ccccc3n5-c3ccccc3)n2)cc1. The normalized spacial score (nSPS) is 12.0. The summed E-state index contributed by atoms with van der Waals surface area (Å²) < 4.78 is 11.7. The maximum absolute atomic E-state index is 5.47. The maximum Gasteiger partial charge on any atom is 0.237 e. The van der Waals surface area contributed by atoms with E-state index in [0.29, 0.717) is 11.9 Å². The van der Waals surface area contributed by atoms with Gasteiger partial charge in [0.2, 0.25) is 11.9 Å². The summed E-state index contributed by atoms with van der Waals surface area (Å²) in [4.78, 5) is 24.7. The first-order valence-corrected chi connectivity index (χ1v) is 32.0. The van der Waals surface area contributed by atoms with Crippen LogP contribution in [0.5, 0.6) is 0 Å². The average molecular weight is 1210 g/mol. The quantitative estimate of drug-likeness (QED) is 0.144. The Hall–Kier alpha value is -13.1. The Bertz CT molecular complexity index is 6430. The van der Waals surface area contributed by atoms with Crippen LogP contribution in [0.15, 0.2) is 316 Å². The molecular formula is C85H52N10. The second kappa shape index (κ2) is 20.7. The molecule has 20 rings (SSSR count). The summed E-state index contributed by atoms with van der Waals surface area (Å²) in [5.74, 6) is 1.15. The van der Waals surface area contributed by atoms with Gasteiger partial charge in [0.15, 0.2) is 0 Å². The number of hydrogen-bond donors (Lipinski definition) is 0. The maximum atomic E-state index is 5.47. The summed E-state index contributed by atoms with van der Waals surface area (Å²) in [6.45, 7) is 0. The predicted molar refractivity (Wildman–Crippen MR) is 389 cm³/mol. The van der Waals surface area contributed by atoms with Crippen LogP contribution in [0.25, 0.3) is 183 Å². The van der Waals surface area contributed by atoms with Gasteiger partial charge in [-0.1, -0.05) is 176 Å². The molecule has 0 atom stereocenters. The van der Waals surface area contributed by atoms with E-state index in [0.717, 1.165) is 133 Å². The van der Waals surface area contributed by atoms with E-state index in [-0.39, 0.29) is 0 Å². The zero-order valence-corrected chi connectivity index (χ0v) is 51.0. The fraction of sp³-hybridized carbons (Fsp3) is 0. The van der Waals surface area contributed by atoms with Gasteiger partial charge in [0, 0.05) is 82.1 Å². The first-order chi connectivity index (χ1) is 47.1. The number of benzene rings is 13. The van der Waals surface area contributed by atoms with E-state index >= 15 is 0 Å². The minimum atomic E-state index is 0.553. The largest absolute Gasteiger partial charge is 0.309 e. The van der Waals surface area contributed by atoms with Crippen LogP contribution in [0.4, 0.5) is 0 Å². The molecule has 0 N–H and O–H groups in total. The van der Waals surface area contributed by atoms with Gasteiger partial charge in [0.25, 0.3) is 0 Å². The van der Waals surface area contributed by atoms with Crippen LogP contribution >= 0.6 is 0 Å². The number of nitrogens with zero attached hydrogens (tertiary/aromatic N) is 10. The van der Waals surface area contributed by atoms with Gasteiger partial charge < -0.3 is 13.7 Å². The van der Waals surface area contributed by atoms with Crippen molar-refractivity contribution in [3.8, 4) is 73.7 Å². The summed E-state index contributed by atoms with van der Waals surface area (Å²) in [7, 11) is 0. The zero-order valence-electron chi connectivity index (χ0n) is 51.0. The number of para-hydroxylation sites is 5. The minimum Gasteiger partial charge on any atom is -0.309 e. The lowest BCUT2D eigenvalue weighted by Crippen LogP contribution is -2.04. The second-order valence-corrected chi connectivity index (χ2v) is 24.5. The zero-order chi connectivity index (χ0) is 62.2. The molecule has 10 nitrogen and oxygen atoms in total. The van der Waals surface area contributed by atoms with Gasteiger partial charge >= 0.3 is 0 Å². The Balaban J connectivity index is 0.800. The molecule has 13 aromatic carbocycles. The van der Waals surface area contributed by atoms with E-state index in [1.807, 2.05) is 12.1 Å². The Morgan fingerprint density at radius 1 is 0.189 bits per heavy atom. The smallest absolute Gasteiger partial charge is 0.237 e. The van der Waals surface area contributed by atoms with E-state index in [4.69, 9.17) is 19.9 Å². The highest BCUT2D eigenvalue weighted by molar-refractivity contribution is 6.22. The first kappa shape index (κ1) is 52.7. The number of fused-ring (bicyclic) bond motifs is 15. The molecule has 0 spiro atoms. The van der Waals surface area contributed by atoms with E-state index in [2.05, 4.69) is 319 Å². The molecule has 0 aliphatic rings. The van der Waals surface area contributed by atoms with Crippen molar-refractivity contribution >= 4 is 109 Å². The molecule has 0 saturated carbocycles. The van der Waals surface area contributed by atoms with E-state index in [1.54, 1.807) is 12.7 Å². The van der Waals surface area contributed by atoms with E-state index in [1.165, 1.54) is 38.0 Å². The molecule has 442 valence electrons. The molecule has 0 radical (unpaired) electrons. The van der Waals surface area contributed by atoms with Crippen LogP contribution in [0, 0.1) is 0 Å². The van der Waals surface area contributed by atoms with Crippen molar-refractivity contribution in [3.05, 3.63) is 316 Å². The van der Waals surface area contributed by atoms with Crippen LogP contribution in [-0.4, -0.2) is 47.8 Å². The monoisotopic (exact) mass is 1210 g/mol. The molecule has 0 amide bonds. The van der Waals surface area contributed by atoms with Gasteiger partial charge in [0.1, 0.15) is 12.7 Å². The highest BCUT2D eigenvalue weighted by Crippen LogP contribution is 2.45. The topological polar surface area (TPSA) is 89.1 Å². The van der Waals surface area contributed by atoms with Crippen molar-refractivity contribution in [3.63, 3.8) is 0 Å². The molecule has 0 aliphatic heterocycles. The Kier molecular flexibility index (Phi) is 11.5. The van der Waals surface area contributed by atoms with Crippen molar-refractivity contribution < 1.29 is 0 Å². The molecule has 7 heterocycles. The summed E-state index contributed by atoms with van der Waals surface area (Å²) in [5, 5.41) is 11.4. The van der Waals surface area contributed by atoms with Gasteiger partial charge in [-0.3, -0.25) is 9.13 Å². The van der Waals surface area contributed by atoms with Gasteiger partial charge in [-0.05, 0) is 150 Å². The Morgan fingerprint density at radius 2 is 0.474 bits per heavy atom. The number of rotatable bonds is 9. The third-order valence-corrected chi connectivity index (χ3v) is 19.3. The van der Waals surface area contributed by atoms with E-state index in [9.17, 15) is 0 Å². The summed E-state index contributed by atoms with van der Waals surface area (Å²) in [5.41, 5.74) is 22.3. The van der Waals surface area contributed by atoms with Crippen molar-refractivity contribution in [1.29, 1.82) is 0 Å². The van der Waals surface area contributed by atoms with E-state index < -0.39 is 0 Å². The van der Waals surface area contributed by atoms with Gasteiger partial charge in [-0.15, -0.1) is 0 Å². The third-order valence-electron chi connectivity index (χ3n) is 19.3. The third kappa shape index (κ3) is 8.14. The predicted octanol–water partition coefficient (Wildman–Crippen LogP) is 20.8. The van der Waals surface area contributed by atoms with Crippen molar-refractivity contribution in [2.75, 3.05) is 0 Å². The first-order valence-electron chi connectivity index (χ1n) is 32.0. The fourth-order valence-electron chi connectivity index (χ4n) is 15.1. The summed E-state index contributed by atoms with van der Waals surface area (Å²) >= 11 is 0. The van der Waals surface area contributed by atoms with Crippen LogP contribution in [0.2, 0.25) is 0 Å². The molecule has 7 aromatic heterocycles. The highest BCUT2D eigenvalue weighted by atomic mass is 15.2. The average Bonchev–Trinajstić information content (AvgIpc) is 1.57. The molecular weight excluding hydrogens is 1160 g/mol. The Labute approximate surface area is 543 Å². The molecule has 0 fully saturated rings. The van der Waals surface area contributed by atoms with Gasteiger partial charge in [0.05, 0.1) is 66.6 Å². The highest BCUT2D eigenvalue weighted by Gasteiger charge is 2.25. The number of aromatic nitrogens is 10. The molecule has 0 saturated heterocycles. The van der Waals surface area contributed by atoms with Crippen molar-refractivity contribution in [2.45, 2.75) is 0 Å². The lowest BCUT2D eigenvalue weighted by Gasteiger charge is -2.12. The molecule has 0 aliphatic carbocycles. The van der Waals surface area contributed by atoms with Crippen molar-refractivity contribution in [2.24, 2.45) is 0 Å². The standard InChI is InChI=1S/C85H52N10/c1-6-20-53(21-7-1)72-50-73(54-22-8-2-9-23-54)90-85(89-72)95-79-41-37-58(45-67(79)71-49-81-69(47-83(71)95)63-31-17-19-33-75(63)92(81)60-26-12-4-13-27-60)57-36-40-78-65(43-57)64-42-56(35-39-77(64)94(78)84-87-51-86-52-88-84)55-34-38-76-66(44-55)70-48-80-68(46-82(70)93(76)61-28-14-5-15-29-61)62-30-16-18-32-74(62)91(80)59-24-10-3-11-25-59/h1-52H. The molecule has 0 unspecified atom stereocenters. The van der Waals surface area contributed by atoms with Crippen LogP contribution < -0.4 is 0 Å². The van der Waals surface area contributed by atoms with Crippen LogP contribution in [-0.2, 0) is 0 Å². The van der Waals surface area contributed by atoms with Gasteiger partial charge in [-0.2, -0.15) is 0 Å². The second-order valence-electron chi connectivity index (χ2n) is 24.5. The van der Waals surface area contributed by atoms with Crippen LogP contribution in [0.3, 0.4) is 0 Å². The summed E-state index contributed by atoms with van der Waals surface area (Å²) in [6.07, 6.45) is 3.14. The van der Waals surface area contributed by atoms with Crippen LogP contribution in [0.1, 0.15) is 0 Å². The van der Waals surface area contributed by atoms with Crippen molar-refractivity contribution in [1.82, 2.24) is 47.8 Å². The number of hydrogen-bond acceptors (Lipinski definition) is 5. The molecule has 10 heteroatoms. The molecule has 20 aromatic rings.